The van der Waals surface area contributed by atoms with Crippen molar-refractivity contribution in [3.63, 3.8) is 0 Å². The molecule has 4 nitrogen and oxygen atoms in total. The number of para-hydroxylation sites is 1. The van der Waals surface area contributed by atoms with Crippen LogP contribution in [0.15, 0.2) is 53.1 Å². The predicted octanol–water partition coefficient (Wildman–Crippen LogP) is 5.74. The Morgan fingerprint density at radius 1 is 1.18 bits per heavy atom. The van der Waals surface area contributed by atoms with E-state index >= 15 is 0 Å². The van der Waals surface area contributed by atoms with Crippen LogP contribution in [0.25, 0.3) is 21.5 Å². The van der Waals surface area contributed by atoms with Gasteiger partial charge in [0, 0.05) is 17.7 Å². The van der Waals surface area contributed by atoms with Crippen molar-refractivity contribution in [3.05, 3.63) is 70.6 Å². The van der Waals surface area contributed by atoms with Crippen molar-refractivity contribution in [2.75, 3.05) is 6.54 Å². The Morgan fingerprint density at radius 3 is 2.82 bits per heavy atom. The van der Waals surface area contributed by atoms with Gasteiger partial charge in [0.2, 0.25) is 0 Å². The molecule has 0 amide bonds. The molecular formula is C22H20FN3OS. The molecule has 1 fully saturated rings. The molecule has 2 aromatic carbocycles. The van der Waals surface area contributed by atoms with Gasteiger partial charge in [-0.05, 0) is 62.7 Å². The Labute approximate surface area is 166 Å². The predicted molar refractivity (Wildman–Crippen MR) is 109 cm³/mol. The second kappa shape index (κ2) is 7.11. The summed E-state index contributed by atoms with van der Waals surface area (Å²) in [6, 6.07) is 15.0. The van der Waals surface area contributed by atoms with Gasteiger partial charge in [-0.1, -0.05) is 17.3 Å². The van der Waals surface area contributed by atoms with Crippen LogP contribution < -0.4 is 0 Å². The van der Waals surface area contributed by atoms with Crippen LogP contribution in [0.1, 0.15) is 35.1 Å². The van der Waals surface area contributed by atoms with Crippen molar-refractivity contribution in [2.45, 2.75) is 32.4 Å². The summed E-state index contributed by atoms with van der Waals surface area (Å²) in [7, 11) is 0. The maximum absolute atomic E-state index is 13.2. The number of likely N-dealkylation sites (tertiary alicyclic amines) is 1. The van der Waals surface area contributed by atoms with E-state index in [2.05, 4.69) is 28.3 Å². The van der Waals surface area contributed by atoms with Crippen LogP contribution in [-0.4, -0.2) is 21.6 Å². The Hall–Kier alpha value is -2.57. The van der Waals surface area contributed by atoms with Gasteiger partial charge in [0.05, 0.1) is 16.3 Å². The minimum absolute atomic E-state index is 0.253. The highest BCUT2D eigenvalue weighted by Crippen LogP contribution is 2.38. The zero-order chi connectivity index (χ0) is 19.1. The third-order valence-electron chi connectivity index (χ3n) is 5.44. The van der Waals surface area contributed by atoms with Crippen LogP contribution in [0.2, 0.25) is 0 Å². The lowest BCUT2D eigenvalue weighted by molar-refractivity contribution is 0.240. The van der Waals surface area contributed by atoms with E-state index in [1.54, 1.807) is 23.5 Å². The summed E-state index contributed by atoms with van der Waals surface area (Å²) in [5.74, 6) is 0.461. The number of hydrogen-bond donors (Lipinski definition) is 0. The molecule has 28 heavy (non-hydrogen) atoms. The fourth-order valence-electron chi connectivity index (χ4n) is 3.91. The topological polar surface area (TPSA) is 42.2 Å². The summed E-state index contributed by atoms with van der Waals surface area (Å²) in [6.07, 6.45) is 2.27. The minimum Gasteiger partial charge on any atom is -0.356 e. The summed E-state index contributed by atoms with van der Waals surface area (Å²) in [4.78, 5) is 7.31. The van der Waals surface area contributed by atoms with Gasteiger partial charge in [-0.2, -0.15) is 0 Å². The number of rotatable bonds is 4. The molecule has 1 aliphatic rings. The van der Waals surface area contributed by atoms with E-state index in [4.69, 9.17) is 9.51 Å². The van der Waals surface area contributed by atoms with Crippen molar-refractivity contribution in [3.8, 4) is 11.3 Å². The normalized spacial score (nSPS) is 17.6. The molecule has 1 saturated heterocycles. The molecule has 0 bridgehead atoms. The van der Waals surface area contributed by atoms with Crippen LogP contribution in [-0.2, 0) is 6.54 Å². The van der Waals surface area contributed by atoms with E-state index in [1.807, 2.05) is 13.0 Å². The van der Waals surface area contributed by atoms with Crippen LogP contribution in [0.5, 0.6) is 0 Å². The number of nitrogens with zero attached hydrogens (tertiary/aromatic N) is 3. The zero-order valence-electron chi connectivity index (χ0n) is 15.6. The van der Waals surface area contributed by atoms with Gasteiger partial charge in [0.15, 0.2) is 5.76 Å². The fraction of sp³-hybridized carbons (Fsp3) is 0.273. The van der Waals surface area contributed by atoms with Gasteiger partial charge in [-0.25, -0.2) is 9.37 Å². The molecule has 0 N–H and O–H groups in total. The molecule has 0 saturated carbocycles. The standard InChI is InChI=1S/C22H20FN3OS/c1-14-18(25-27-21(14)15-8-10-16(23)11-9-15)13-26-12-4-6-19(26)22-24-17-5-2-3-7-20(17)28-22/h2-3,5,7-11,19H,4,6,12-13H2,1H3/t19-/m1/s1. The van der Waals surface area contributed by atoms with E-state index in [0.717, 1.165) is 48.3 Å². The third-order valence-corrected chi connectivity index (χ3v) is 6.58. The summed E-state index contributed by atoms with van der Waals surface area (Å²) >= 11 is 1.78. The Morgan fingerprint density at radius 2 is 2.00 bits per heavy atom. The van der Waals surface area contributed by atoms with Crippen molar-refractivity contribution in [1.29, 1.82) is 0 Å². The molecule has 0 spiro atoms. The van der Waals surface area contributed by atoms with Crippen LogP contribution in [0.3, 0.4) is 0 Å². The molecule has 4 aromatic rings. The highest BCUT2D eigenvalue weighted by molar-refractivity contribution is 7.18. The average molecular weight is 393 g/mol. The monoisotopic (exact) mass is 393 g/mol. The van der Waals surface area contributed by atoms with E-state index in [-0.39, 0.29) is 5.82 Å². The SMILES string of the molecule is Cc1c(CN2CCC[C@@H]2c2nc3ccccc3s2)noc1-c1ccc(F)cc1. The van der Waals surface area contributed by atoms with Crippen molar-refractivity contribution in [2.24, 2.45) is 0 Å². The largest absolute Gasteiger partial charge is 0.356 e. The first-order valence-corrected chi connectivity index (χ1v) is 10.3. The van der Waals surface area contributed by atoms with Crippen molar-refractivity contribution >= 4 is 21.6 Å². The highest BCUT2D eigenvalue weighted by Gasteiger charge is 2.30. The molecular weight excluding hydrogens is 373 g/mol. The number of fused-ring (bicyclic) bond motifs is 1. The second-order valence-corrected chi connectivity index (χ2v) is 8.30. The van der Waals surface area contributed by atoms with E-state index in [0.29, 0.717) is 11.8 Å². The first kappa shape index (κ1) is 17.5. The van der Waals surface area contributed by atoms with Gasteiger partial charge in [0.1, 0.15) is 16.5 Å². The van der Waals surface area contributed by atoms with Crippen LogP contribution >= 0.6 is 11.3 Å². The Balaban J connectivity index is 1.40. The summed E-state index contributed by atoms with van der Waals surface area (Å²) in [5, 5.41) is 5.50. The molecule has 0 aliphatic carbocycles. The lowest BCUT2D eigenvalue weighted by Crippen LogP contribution is -2.23. The van der Waals surface area contributed by atoms with Crippen LogP contribution in [0.4, 0.5) is 4.39 Å². The number of hydrogen-bond acceptors (Lipinski definition) is 5. The van der Waals surface area contributed by atoms with Gasteiger partial charge in [-0.3, -0.25) is 4.90 Å². The fourth-order valence-corrected chi connectivity index (χ4v) is 5.04. The number of halogens is 1. The first-order chi connectivity index (χ1) is 13.7. The Kier molecular flexibility index (Phi) is 4.45. The summed E-state index contributed by atoms with van der Waals surface area (Å²) in [5.41, 5.74) is 3.88. The molecule has 5 rings (SSSR count). The smallest absolute Gasteiger partial charge is 0.170 e. The number of aromatic nitrogens is 2. The molecule has 6 heteroatoms. The van der Waals surface area contributed by atoms with E-state index in [9.17, 15) is 4.39 Å². The quantitative estimate of drug-likeness (QED) is 0.444. The third kappa shape index (κ3) is 3.12. The van der Waals surface area contributed by atoms with Gasteiger partial charge in [-0.15, -0.1) is 11.3 Å². The summed E-state index contributed by atoms with van der Waals surface area (Å²) < 4.78 is 20.0. The van der Waals surface area contributed by atoms with E-state index < -0.39 is 0 Å². The molecule has 1 atom stereocenters. The maximum atomic E-state index is 13.2. The van der Waals surface area contributed by atoms with Gasteiger partial charge in [0.25, 0.3) is 0 Å². The number of benzene rings is 2. The lowest BCUT2D eigenvalue weighted by Gasteiger charge is -2.21. The molecule has 142 valence electrons. The molecule has 0 unspecified atom stereocenters. The molecule has 1 aliphatic heterocycles. The Bertz CT molecular complexity index is 1090. The second-order valence-electron chi connectivity index (χ2n) is 7.24. The maximum Gasteiger partial charge on any atom is 0.170 e. The number of thiazole rings is 1. The summed E-state index contributed by atoms with van der Waals surface area (Å²) in [6.45, 7) is 3.78. The van der Waals surface area contributed by atoms with E-state index in [1.165, 1.54) is 21.8 Å². The minimum atomic E-state index is -0.253. The molecule has 0 radical (unpaired) electrons. The van der Waals surface area contributed by atoms with Crippen LogP contribution in [0, 0.1) is 12.7 Å². The van der Waals surface area contributed by atoms with Gasteiger partial charge >= 0.3 is 0 Å². The molecule has 2 aromatic heterocycles. The highest BCUT2D eigenvalue weighted by atomic mass is 32.1. The van der Waals surface area contributed by atoms with Crippen molar-refractivity contribution < 1.29 is 8.91 Å². The first-order valence-electron chi connectivity index (χ1n) is 9.49. The zero-order valence-corrected chi connectivity index (χ0v) is 16.4. The van der Waals surface area contributed by atoms with Gasteiger partial charge < -0.3 is 4.52 Å². The van der Waals surface area contributed by atoms with Crippen molar-refractivity contribution in [1.82, 2.24) is 15.0 Å². The molecule has 3 heterocycles. The lowest BCUT2D eigenvalue weighted by atomic mass is 10.1. The average Bonchev–Trinajstić information content (AvgIpc) is 3.42.